The molecule has 2 aromatic heterocycles. The maximum atomic E-state index is 5.52. The van der Waals surface area contributed by atoms with Crippen molar-refractivity contribution >= 4 is 5.82 Å². The van der Waals surface area contributed by atoms with Crippen molar-refractivity contribution in [1.29, 1.82) is 0 Å². The van der Waals surface area contributed by atoms with Crippen LogP contribution in [-0.2, 0) is 4.74 Å². The second kappa shape index (κ2) is 8.77. The number of hydrogen-bond acceptors (Lipinski definition) is 8. The number of ether oxygens (including phenoxy) is 2. The summed E-state index contributed by atoms with van der Waals surface area (Å²) >= 11 is 0. The van der Waals surface area contributed by atoms with Gasteiger partial charge in [-0.05, 0) is 17.7 Å². The van der Waals surface area contributed by atoms with E-state index in [1.807, 2.05) is 12.1 Å². The summed E-state index contributed by atoms with van der Waals surface area (Å²) in [4.78, 5) is 15.2. The molecule has 9 heteroatoms. The molecule has 0 radical (unpaired) electrons. The van der Waals surface area contributed by atoms with Gasteiger partial charge in [0.1, 0.15) is 24.2 Å². The summed E-state index contributed by atoms with van der Waals surface area (Å²) in [7, 11) is 1.68. The number of nitrogens with zero attached hydrogens (tertiary/aromatic N) is 6. The van der Waals surface area contributed by atoms with Crippen molar-refractivity contribution in [2.24, 2.45) is 0 Å². The second-order valence-electron chi connectivity index (χ2n) is 6.42. The molecule has 1 aliphatic heterocycles. The molecular formula is C19H23N7O2. The molecule has 1 aromatic carbocycles. The van der Waals surface area contributed by atoms with E-state index in [1.54, 1.807) is 30.5 Å². The minimum Gasteiger partial charge on any atom is -0.497 e. The molecule has 146 valence electrons. The lowest BCUT2D eigenvalue weighted by molar-refractivity contribution is 0.0187. The summed E-state index contributed by atoms with van der Waals surface area (Å²) in [6.45, 7) is 3.97. The number of rotatable bonds is 7. The summed E-state index contributed by atoms with van der Waals surface area (Å²) in [5, 5.41) is 7.52. The van der Waals surface area contributed by atoms with Crippen molar-refractivity contribution in [2.75, 3.05) is 45.3 Å². The number of benzene rings is 1. The van der Waals surface area contributed by atoms with E-state index in [9.17, 15) is 0 Å². The molecule has 1 saturated heterocycles. The minimum atomic E-state index is 0.187. The summed E-state index contributed by atoms with van der Waals surface area (Å²) < 4.78 is 12.4. The van der Waals surface area contributed by atoms with Crippen molar-refractivity contribution in [3.63, 3.8) is 0 Å². The van der Waals surface area contributed by atoms with Crippen LogP contribution in [-0.4, -0.2) is 69.6 Å². The lowest BCUT2D eigenvalue weighted by atomic mass is 10.0. The fourth-order valence-electron chi connectivity index (χ4n) is 3.25. The number of methoxy groups -OCH3 is 1. The van der Waals surface area contributed by atoms with Crippen LogP contribution in [0.2, 0.25) is 0 Å². The standard InChI is InChI=1S/C19H23N7O2/c1-27-16-4-2-15(3-5-16)17(25-6-8-28-9-7-25)10-22-18-11-20-12-19(24-18)26-14-21-13-23-26/h2-5,11-14,17H,6-10H2,1H3,(H,22,24). The Morgan fingerprint density at radius 1 is 1.14 bits per heavy atom. The topological polar surface area (TPSA) is 90.2 Å². The number of aromatic nitrogens is 5. The van der Waals surface area contributed by atoms with Gasteiger partial charge in [-0.1, -0.05) is 12.1 Å². The fourth-order valence-corrected chi connectivity index (χ4v) is 3.25. The lowest BCUT2D eigenvalue weighted by Gasteiger charge is -2.35. The molecular weight excluding hydrogens is 358 g/mol. The third kappa shape index (κ3) is 4.26. The Morgan fingerprint density at radius 3 is 2.68 bits per heavy atom. The minimum absolute atomic E-state index is 0.187. The van der Waals surface area contributed by atoms with E-state index in [2.05, 4.69) is 42.4 Å². The first-order valence-electron chi connectivity index (χ1n) is 9.20. The van der Waals surface area contributed by atoms with Crippen LogP contribution in [0.15, 0.2) is 49.3 Å². The van der Waals surface area contributed by atoms with Gasteiger partial charge in [-0.3, -0.25) is 9.88 Å². The van der Waals surface area contributed by atoms with E-state index >= 15 is 0 Å². The van der Waals surface area contributed by atoms with Crippen LogP contribution in [0.1, 0.15) is 11.6 Å². The van der Waals surface area contributed by atoms with E-state index in [0.29, 0.717) is 18.2 Å². The largest absolute Gasteiger partial charge is 0.497 e. The maximum Gasteiger partial charge on any atom is 0.175 e. The molecule has 0 aliphatic carbocycles. The highest BCUT2D eigenvalue weighted by molar-refractivity contribution is 5.37. The summed E-state index contributed by atoms with van der Waals surface area (Å²) in [5.41, 5.74) is 1.22. The zero-order chi connectivity index (χ0) is 19.2. The van der Waals surface area contributed by atoms with Gasteiger partial charge in [-0.2, -0.15) is 5.10 Å². The fraction of sp³-hybridized carbons (Fsp3) is 0.368. The lowest BCUT2D eigenvalue weighted by Crippen LogP contribution is -2.41. The molecule has 4 rings (SSSR count). The van der Waals surface area contributed by atoms with Crippen LogP contribution in [0.3, 0.4) is 0 Å². The Morgan fingerprint density at radius 2 is 1.96 bits per heavy atom. The highest BCUT2D eigenvalue weighted by Crippen LogP contribution is 2.24. The average Bonchev–Trinajstić information content (AvgIpc) is 3.30. The van der Waals surface area contributed by atoms with Gasteiger partial charge < -0.3 is 14.8 Å². The van der Waals surface area contributed by atoms with Crippen LogP contribution >= 0.6 is 0 Å². The number of morpholine rings is 1. The van der Waals surface area contributed by atoms with E-state index in [1.165, 1.54) is 11.9 Å². The van der Waals surface area contributed by atoms with E-state index in [4.69, 9.17) is 9.47 Å². The zero-order valence-corrected chi connectivity index (χ0v) is 15.7. The molecule has 1 unspecified atom stereocenters. The number of nitrogens with one attached hydrogen (secondary N) is 1. The molecule has 0 bridgehead atoms. The van der Waals surface area contributed by atoms with Crippen molar-refractivity contribution < 1.29 is 9.47 Å². The maximum absolute atomic E-state index is 5.52. The molecule has 1 fully saturated rings. The first kappa shape index (κ1) is 18.3. The molecule has 0 saturated carbocycles. The van der Waals surface area contributed by atoms with Gasteiger partial charge in [0, 0.05) is 19.6 Å². The van der Waals surface area contributed by atoms with Crippen molar-refractivity contribution in [2.45, 2.75) is 6.04 Å². The Bertz CT molecular complexity index is 864. The van der Waals surface area contributed by atoms with E-state index < -0.39 is 0 Å². The molecule has 9 nitrogen and oxygen atoms in total. The highest BCUT2D eigenvalue weighted by atomic mass is 16.5. The summed E-state index contributed by atoms with van der Waals surface area (Å²) in [6, 6.07) is 8.39. The van der Waals surface area contributed by atoms with Crippen LogP contribution in [0.4, 0.5) is 5.82 Å². The van der Waals surface area contributed by atoms with Crippen molar-refractivity contribution in [3.05, 3.63) is 54.9 Å². The summed E-state index contributed by atoms with van der Waals surface area (Å²) in [6.07, 6.45) is 6.44. The normalized spacial score (nSPS) is 15.9. The Balaban J connectivity index is 1.51. The Kier molecular flexibility index (Phi) is 5.74. The first-order valence-corrected chi connectivity index (χ1v) is 9.20. The molecule has 3 heterocycles. The number of hydrogen-bond donors (Lipinski definition) is 1. The SMILES string of the molecule is COc1ccc(C(CNc2cncc(-n3cncn3)n2)N2CCOCC2)cc1. The van der Waals surface area contributed by atoms with Crippen molar-refractivity contribution in [3.8, 4) is 11.6 Å². The highest BCUT2D eigenvalue weighted by Gasteiger charge is 2.23. The predicted molar refractivity (Wildman–Crippen MR) is 104 cm³/mol. The Hall–Kier alpha value is -3.04. The molecule has 3 aromatic rings. The molecule has 1 atom stereocenters. The van der Waals surface area contributed by atoms with Gasteiger partial charge in [0.05, 0.1) is 38.8 Å². The third-order valence-corrected chi connectivity index (χ3v) is 4.74. The third-order valence-electron chi connectivity index (χ3n) is 4.74. The second-order valence-corrected chi connectivity index (χ2v) is 6.42. The van der Waals surface area contributed by atoms with Crippen LogP contribution in [0.5, 0.6) is 5.75 Å². The Labute approximate surface area is 163 Å². The first-order chi connectivity index (χ1) is 13.8. The quantitative estimate of drug-likeness (QED) is 0.659. The van der Waals surface area contributed by atoms with Gasteiger partial charge in [-0.15, -0.1) is 0 Å². The van der Waals surface area contributed by atoms with Crippen LogP contribution in [0.25, 0.3) is 5.82 Å². The van der Waals surface area contributed by atoms with Gasteiger partial charge in [0.2, 0.25) is 0 Å². The molecule has 28 heavy (non-hydrogen) atoms. The smallest absolute Gasteiger partial charge is 0.175 e. The van der Waals surface area contributed by atoms with Gasteiger partial charge in [0.25, 0.3) is 0 Å². The van der Waals surface area contributed by atoms with E-state index in [0.717, 1.165) is 32.1 Å². The molecule has 1 aliphatic rings. The number of anilines is 1. The van der Waals surface area contributed by atoms with Crippen LogP contribution < -0.4 is 10.1 Å². The molecule has 1 N–H and O–H groups in total. The van der Waals surface area contributed by atoms with Gasteiger partial charge in [0.15, 0.2) is 5.82 Å². The predicted octanol–water partition coefficient (Wildman–Crippen LogP) is 1.55. The molecule has 0 amide bonds. The van der Waals surface area contributed by atoms with Crippen molar-refractivity contribution in [1.82, 2.24) is 29.6 Å². The van der Waals surface area contributed by atoms with Gasteiger partial charge >= 0.3 is 0 Å². The average molecular weight is 381 g/mol. The van der Waals surface area contributed by atoms with E-state index in [-0.39, 0.29) is 6.04 Å². The monoisotopic (exact) mass is 381 g/mol. The van der Waals surface area contributed by atoms with Gasteiger partial charge in [-0.25, -0.2) is 14.6 Å². The zero-order valence-electron chi connectivity index (χ0n) is 15.7. The van der Waals surface area contributed by atoms with Crippen LogP contribution in [0, 0.1) is 0 Å². The summed E-state index contributed by atoms with van der Waals surface area (Å²) in [5.74, 6) is 2.17. The molecule has 0 spiro atoms.